The molecule has 5 aliphatic rings. The normalized spacial score (nSPS) is 50.1. The summed E-state index contributed by atoms with van der Waals surface area (Å²) < 4.78 is 6.16. The maximum absolute atomic E-state index is 13.0. The van der Waals surface area contributed by atoms with Crippen LogP contribution in [0.2, 0.25) is 0 Å². The monoisotopic (exact) mass is 302 g/mol. The van der Waals surface area contributed by atoms with Crippen molar-refractivity contribution in [3.8, 4) is 0 Å². The number of ketones is 1. The zero-order chi connectivity index (χ0) is 15.8. The molecule has 3 heteroatoms. The number of carbonyl (C=O) groups is 2. The largest absolute Gasteiger partial charge is 0.457 e. The average molecular weight is 302 g/mol. The van der Waals surface area contributed by atoms with Crippen molar-refractivity contribution in [3.63, 3.8) is 0 Å². The van der Waals surface area contributed by atoms with Crippen molar-refractivity contribution >= 4 is 11.8 Å². The second kappa shape index (κ2) is 4.24. The maximum Gasteiger partial charge on any atom is 0.306 e. The lowest BCUT2D eigenvalue weighted by atomic mass is 9.37. The molecule has 1 saturated heterocycles. The molecule has 0 radical (unpaired) electrons. The number of rotatable bonds is 1. The van der Waals surface area contributed by atoms with E-state index in [0.29, 0.717) is 30.5 Å². The predicted octanol–water partition coefficient (Wildman–Crippen LogP) is 3.81. The Morgan fingerprint density at radius 3 is 2.64 bits per heavy atom. The van der Waals surface area contributed by atoms with Gasteiger partial charge in [0.15, 0.2) is 0 Å². The fourth-order valence-corrected chi connectivity index (χ4v) is 6.62. The van der Waals surface area contributed by atoms with Crippen LogP contribution in [0.5, 0.6) is 0 Å². The van der Waals surface area contributed by atoms with Gasteiger partial charge >= 0.3 is 5.97 Å². The summed E-state index contributed by atoms with van der Waals surface area (Å²) in [4.78, 5) is 25.2. The summed E-state index contributed by atoms with van der Waals surface area (Å²) in [6.07, 6.45) is 6.85. The van der Waals surface area contributed by atoms with Crippen LogP contribution in [0.25, 0.3) is 0 Å². The van der Waals surface area contributed by atoms with E-state index in [-0.39, 0.29) is 11.4 Å². The van der Waals surface area contributed by atoms with Crippen molar-refractivity contribution in [1.29, 1.82) is 0 Å². The van der Waals surface area contributed by atoms with Gasteiger partial charge in [-0.3, -0.25) is 9.59 Å². The minimum absolute atomic E-state index is 0.0976. The van der Waals surface area contributed by atoms with Gasteiger partial charge in [0.2, 0.25) is 0 Å². The summed E-state index contributed by atoms with van der Waals surface area (Å²) in [5, 5.41) is 0. The van der Waals surface area contributed by atoms with Gasteiger partial charge in [0.25, 0.3) is 0 Å². The summed E-state index contributed by atoms with van der Waals surface area (Å²) in [6.45, 7) is 8.59. The zero-order valence-corrected chi connectivity index (χ0v) is 13.7. The molecule has 0 aromatic carbocycles. The number of ether oxygens (including phenoxy) is 1. The number of hydrogen-bond acceptors (Lipinski definition) is 3. The molecule has 5 atom stereocenters. The van der Waals surface area contributed by atoms with Crippen molar-refractivity contribution in [2.75, 3.05) is 0 Å². The van der Waals surface area contributed by atoms with Gasteiger partial charge in [0, 0.05) is 18.3 Å². The fraction of sp³-hybridized carbons (Fsp3) is 0.789. The Hall–Kier alpha value is -1.12. The lowest BCUT2D eigenvalue weighted by Gasteiger charge is -2.70. The molecule has 22 heavy (non-hydrogen) atoms. The maximum atomic E-state index is 13.0. The van der Waals surface area contributed by atoms with Crippen LogP contribution in [0.3, 0.4) is 0 Å². The smallest absolute Gasteiger partial charge is 0.306 e. The molecule has 0 N–H and O–H groups in total. The molecule has 0 aromatic heterocycles. The highest BCUT2D eigenvalue weighted by atomic mass is 16.6. The second-order valence-corrected chi connectivity index (χ2v) is 8.47. The molecule has 1 heterocycles. The van der Waals surface area contributed by atoms with E-state index in [4.69, 9.17) is 4.74 Å². The number of esters is 1. The van der Waals surface area contributed by atoms with E-state index >= 15 is 0 Å². The topological polar surface area (TPSA) is 43.4 Å². The zero-order valence-electron chi connectivity index (χ0n) is 13.7. The quantitative estimate of drug-likeness (QED) is 0.546. The standard InChI is InChI=1S/C19H26O3/c1-12(2)14-5-9-18-8-4-13(10-15(18)20)11-19(18)17(14,3)7-6-16(21)22-19/h13-14H,1,4-11H2,2-3H3/t13?,14-,17?,18-,19?/m0/s1. The molecule has 0 aromatic rings. The van der Waals surface area contributed by atoms with Crippen molar-refractivity contribution < 1.29 is 14.3 Å². The molecule has 120 valence electrons. The van der Waals surface area contributed by atoms with Gasteiger partial charge in [-0.2, -0.15) is 0 Å². The minimum Gasteiger partial charge on any atom is -0.457 e. The molecule has 5 fully saturated rings. The summed E-state index contributed by atoms with van der Waals surface area (Å²) >= 11 is 0. The molecule has 5 rings (SSSR count). The third-order valence-corrected chi connectivity index (χ3v) is 7.62. The number of carbonyl (C=O) groups excluding carboxylic acids is 2. The van der Waals surface area contributed by atoms with Crippen LogP contribution in [0, 0.1) is 22.7 Å². The summed E-state index contributed by atoms with van der Waals surface area (Å²) in [5.74, 6) is 1.04. The summed E-state index contributed by atoms with van der Waals surface area (Å²) in [5.41, 5.74) is 0.0943. The van der Waals surface area contributed by atoms with Crippen LogP contribution in [-0.2, 0) is 14.3 Å². The highest BCUT2D eigenvalue weighted by Crippen LogP contribution is 2.71. The van der Waals surface area contributed by atoms with E-state index in [9.17, 15) is 9.59 Å². The predicted molar refractivity (Wildman–Crippen MR) is 83.1 cm³/mol. The summed E-state index contributed by atoms with van der Waals surface area (Å²) in [6, 6.07) is 0. The fourth-order valence-electron chi connectivity index (χ4n) is 6.62. The summed E-state index contributed by atoms with van der Waals surface area (Å²) in [7, 11) is 0. The number of Topliss-reactive ketones (excluding diaryl/α,β-unsaturated/α-hetero) is 1. The molecular formula is C19H26O3. The first-order chi connectivity index (χ1) is 10.3. The van der Waals surface area contributed by atoms with Crippen LogP contribution >= 0.6 is 0 Å². The van der Waals surface area contributed by atoms with E-state index in [1.807, 2.05) is 0 Å². The second-order valence-electron chi connectivity index (χ2n) is 8.47. The van der Waals surface area contributed by atoms with E-state index in [0.717, 1.165) is 38.5 Å². The SMILES string of the molecule is C=C(C)[C@@H]1CC[C@@]23CCC(CC2=O)CC32OC(=O)CCC12C. The minimum atomic E-state index is -0.560. The molecule has 1 aliphatic heterocycles. The van der Waals surface area contributed by atoms with Crippen LogP contribution in [0.4, 0.5) is 0 Å². The van der Waals surface area contributed by atoms with Crippen molar-refractivity contribution in [2.24, 2.45) is 22.7 Å². The van der Waals surface area contributed by atoms with Crippen LogP contribution < -0.4 is 0 Å². The molecule has 2 spiro atoms. The number of hydrogen-bond donors (Lipinski definition) is 0. The van der Waals surface area contributed by atoms with Crippen LogP contribution in [0.1, 0.15) is 65.2 Å². The van der Waals surface area contributed by atoms with E-state index in [2.05, 4.69) is 20.4 Å². The van der Waals surface area contributed by atoms with Crippen LogP contribution in [-0.4, -0.2) is 17.4 Å². The Morgan fingerprint density at radius 1 is 1.23 bits per heavy atom. The Kier molecular flexibility index (Phi) is 2.79. The molecule has 4 aliphatic carbocycles. The van der Waals surface area contributed by atoms with Crippen LogP contribution in [0.15, 0.2) is 12.2 Å². The first-order valence-electron chi connectivity index (χ1n) is 8.75. The molecule has 0 amide bonds. The third-order valence-electron chi connectivity index (χ3n) is 7.62. The first kappa shape index (κ1) is 14.5. The molecule has 3 unspecified atom stereocenters. The average Bonchev–Trinajstić information content (AvgIpc) is 2.45. The van der Waals surface area contributed by atoms with Crippen molar-refractivity contribution in [1.82, 2.24) is 0 Å². The van der Waals surface area contributed by atoms with Gasteiger partial charge in [0.1, 0.15) is 11.4 Å². The van der Waals surface area contributed by atoms with Gasteiger partial charge in [-0.25, -0.2) is 0 Å². The number of allylic oxidation sites excluding steroid dienone is 1. The Balaban J connectivity index is 1.92. The molecule has 3 nitrogen and oxygen atoms in total. The van der Waals surface area contributed by atoms with Gasteiger partial charge in [-0.15, -0.1) is 0 Å². The van der Waals surface area contributed by atoms with E-state index in [1.54, 1.807) is 0 Å². The van der Waals surface area contributed by atoms with Gasteiger partial charge < -0.3 is 4.74 Å². The Labute approximate surface area is 132 Å². The van der Waals surface area contributed by atoms with E-state index in [1.165, 1.54) is 5.57 Å². The lowest BCUT2D eigenvalue weighted by molar-refractivity contribution is -0.275. The Morgan fingerprint density at radius 2 is 1.95 bits per heavy atom. The highest BCUT2D eigenvalue weighted by Gasteiger charge is 2.75. The van der Waals surface area contributed by atoms with Gasteiger partial charge in [0.05, 0.1) is 5.41 Å². The van der Waals surface area contributed by atoms with Crippen molar-refractivity contribution in [2.45, 2.75) is 70.8 Å². The van der Waals surface area contributed by atoms with Crippen molar-refractivity contribution in [3.05, 3.63) is 12.2 Å². The molecule has 2 bridgehead atoms. The van der Waals surface area contributed by atoms with Gasteiger partial charge in [-0.05, 0) is 57.3 Å². The first-order valence-corrected chi connectivity index (χ1v) is 8.75. The number of fused-ring (bicyclic) bond motifs is 2. The lowest BCUT2D eigenvalue weighted by Crippen LogP contribution is -2.74. The van der Waals surface area contributed by atoms with E-state index < -0.39 is 11.0 Å². The molecular weight excluding hydrogens is 276 g/mol. The molecule has 4 saturated carbocycles. The highest BCUT2D eigenvalue weighted by molar-refractivity contribution is 5.89. The Bertz CT molecular complexity index is 579. The van der Waals surface area contributed by atoms with Gasteiger partial charge in [-0.1, -0.05) is 19.1 Å². The third kappa shape index (κ3) is 1.43.